The summed E-state index contributed by atoms with van der Waals surface area (Å²) in [6.45, 7) is 7.06. The summed E-state index contributed by atoms with van der Waals surface area (Å²) in [5.74, 6) is -1.18. The summed E-state index contributed by atoms with van der Waals surface area (Å²) in [5, 5.41) is 7.60. The number of hydrogen-bond acceptors (Lipinski definition) is 3. The minimum absolute atomic E-state index is 0.200. The van der Waals surface area contributed by atoms with E-state index >= 15 is 0 Å². The maximum Gasteiger partial charge on any atom is 0.333 e. The minimum atomic E-state index is -0.981. The van der Waals surface area contributed by atoms with Crippen molar-refractivity contribution < 1.29 is 19.4 Å². The zero-order valence-corrected chi connectivity index (χ0v) is 17.2. The predicted molar refractivity (Wildman–Crippen MR) is 109 cm³/mol. The number of unbranched alkanes of at least 4 members (excludes halogenated alkanes) is 12. The predicted octanol–water partition coefficient (Wildman–Crippen LogP) is 6.45. The number of methoxy groups -OCH3 is 1. The lowest BCUT2D eigenvalue weighted by atomic mass is 10.0. The van der Waals surface area contributed by atoms with Crippen LogP contribution in [-0.4, -0.2) is 24.2 Å². The van der Waals surface area contributed by atoms with E-state index in [1.165, 1.54) is 84.2 Å². The molecule has 0 rings (SSSR count). The van der Waals surface area contributed by atoms with Gasteiger partial charge in [0.1, 0.15) is 0 Å². The van der Waals surface area contributed by atoms with E-state index in [-0.39, 0.29) is 5.97 Å². The second-order valence-electron chi connectivity index (χ2n) is 6.60. The second-order valence-corrected chi connectivity index (χ2v) is 6.60. The fourth-order valence-corrected chi connectivity index (χ4v) is 2.55. The third kappa shape index (κ3) is 22.4. The molecule has 26 heavy (non-hydrogen) atoms. The van der Waals surface area contributed by atoms with Crippen molar-refractivity contribution in [2.75, 3.05) is 7.11 Å². The Balaban J connectivity index is 0. The van der Waals surface area contributed by atoms with E-state index in [2.05, 4.69) is 18.2 Å². The Bertz CT molecular complexity index is 386. The van der Waals surface area contributed by atoms with Crippen molar-refractivity contribution in [3.8, 4) is 0 Å². The molecule has 0 spiro atoms. The van der Waals surface area contributed by atoms with Crippen molar-refractivity contribution in [1.82, 2.24) is 0 Å². The van der Waals surface area contributed by atoms with Gasteiger partial charge in [-0.25, -0.2) is 9.59 Å². The summed E-state index contributed by atoms with van der Waals surface area (Å²) in [5.41, 5.74) is 0.737. The number of ether oxygens (including phenoxy) is 1. The first-order chi connectivity index (χ1) is 12.5. The smallest absolute Gasteiger partial charge is 0.333 e. The number of carboxylic acids is 1. The molecule has 1 N–H and O–H groups in total. The molecule has 0 fully saturated rings. The number of carboxylic acid groups (broad SMARTS) is 1. The number of carbonyl (C=O) groups is 2. The fourth-order valence-electron chi connectivity index (χ4n) is 2.55. The molecule has 0 aliphatic heterocycles. The molecule has 0 radical (unpaired) electrons. The summed E-state index contributed by atoms with van der Waals surface area (Å²) in [7, 11) is 1.43. The van der Waals surface area contributed by atoms with Crippen LogP contribution in [-0.2, 0) is 14.3 Å². The second kappa shape index (κ2) is 21.5. The van der Waals surface area contributed by atoms with Gasteiger partial charge in [-0.15, -0.1) is 0 Å². The van der Waals surface area contributed by atoms with Crippen LogP contribution in [0.3, 0.4) is 0 Å². The Kier molecular flexibility index (Phi) is 22.0. The average molecular weight is 369 g/mol. The van der Waals surface area contributed by atoms with Crippen molar-refractivity contribution in [3.63, 3.8) is 0 Å². The Hall–Kier alpha value is -1.58. The minimum Gasteiger partial charge on any atom is -0.478 e. The highest BCUT2D eigenvalue weighted by Gasteiger charge is 2.01. The van der Waals surface area contributed by atoms with Crippen LogP contribution in [0.2, 0.25) is 0 Å². The van der Waals surface area contributed by atoms with E-state index < -0.39 is 5.97 Å². The third-order valence-electron chi connectivity index (χ3n) is 4.19. The first kappa shape index (κ1) is 26.6. The molecule has 0 heterocycles. The number of aliphatic carboxylic acids is 1. The molecule has 4 nitrogen and oxygen atoms in total. The molecular formula is C22H40O4. The van der Waals surface area contributed by atoms with E-state index in [1.54, 1.807) is 0 Å². The van der Waals surface area contributed by atoms with Crippen LogP contribution in [0.4, 0.5) is 0 Å². The van der Waals surface area contributed by atoms with Crippen LogP contribution in [0.25, 0.3) is 0 Å². The van der Waals surface area contributed by atoms with Crippen LogP contribution >= 0.6 is 0 Å². The van der Waals surface area contributed by atoms with E-state index in [0.29, 0.717) is 0 Å². The van der Waals surface area contributed by atoms with Crippen molar-refractivity contribution in [3.05, 3.63) is 24.3 Å². The van der Waals surface area contributed by atoms with E-state index in [9.17, 15) is 9.59 Å². The molecule has 0 aromatic carbocycles. The molecule has 0 unspecified atom stereocenters. The lowest BCUT2D eigenvalue weighted by molar-refractivity contribution is -0.136. The zero-order valence-electron chi connectivity index (χ0n) is 17.2. The normalized spacial score (nSPS) is 10.7. The lowest BCUT2D eigenvalue weighted by Crippen LogP contribution is -2.01. The lowest BCUT2D eigenvalue weighted by Gasteiger charge is -2.02. The van der Waals surface area contributed by atoms with Crippen molar-refractivity contribution >= 4 is 11.9 Å². The summed E-state index contributed by atoms with van der Waals surface area (Å²) in [6, 6.07) is 0. The van der Waals surface area contributed by atoms with Gasteiger partial charge in [0.15, 0.2) is 0 Å². The van der Waals surface area contributed by atoms with Gasteiger partial charge in [0, 0.05) is 11.6 Å². The van der Waals surface area contributed by atoms with E-state index in [0.717, 1.165) is 18.1 Å². The van der Waals surface area contributed by atoms with Gasteiger partial charge >= 0.3 is 11.9 Å². The fraction of sp³-hybridized carbons (Fsp3) is 0.727. The van der Waals surface area contributed by atoms with E-state index in [1.807, 2.05) is 13.0 Å². The van der Waals surface area contributed by atoms with Crippen LogP contribution in [0.15, 0.2) is 24.3 Å². The third-order valence-corrected chi connectivity index (χ3v) is 4.19. The maximum atomic E-state index is 11.2. The van der Waals surface area contributed by atoms with Crippen molar-refractivity contribution in [1.29, 1.82) is 0 Å². The highest BCUT2D eigenvalue weighted by molar-refractivity contribution is 5.87. The monoisotopic (exact) mass is 368 g/mol. The molecule has 0 aliphatic rings. The molecule has 0 aromatic rings. The molecule has 0 saturated carbocycles. The van der Waals surface area contributed by atoms with Crippen LogP contribution in [0.5, 0.6) is 0 Å². The van der Waals surface area contributed by atoms with Gasteiger partial charge in [0.05, 0.1) is 7.11 Å². The SMILES string of the molecule is C=CC(=O)O.CCCCCCCCCCCCCCC=C(C)C(=O)OC. The Labute approximate surface area is 160 Å². The first-order valence-electron chi connectivity index (χ1n) is 10.1. The Morgan fingerprint density at radius 1 is 0.885 bits per heavy atom. The molecule has 152 valence electrons. The number of rotatable bonds is 15. The van der Waals surface area contributed by atoms with Crippen LogP contribution in [0.1, 0.15) is 97.3 Å². The molecule has 0 bridgehead atoms. The Morgan fingerprint density at radius 2 is 1.27 bits per heavy atom. The molecule has 0 atom stereocenters. The van der Waals surface area contributed by atoms with Crippen molar-refractivity contribution in [2.24, 2.45) is 0 Å². The summed E-state index contributed by atoms with van der Waals surface area (Å²) >= 11 is 0. The zero-order chi connectivity index (χ0) is 20.0. The molecule has 0 aliphatic carbocycles. The van der Waals surface area contributed by atoms with Crippen molar-refractivity contribution in [2.45, 2.75) is 97.3 Å². The quantitative estimate of drug-likeness (QED) is 0.205. The van der Waals surface area contributed by atoms with Gasteiger partial charge in [0.25, 0.3) is 0 Å². The summed E-state index contributed by atoms with van der Waals surface area (Å²) in [6.07, 6.45) is 20.3. The number of carbonyl (C=O) groups excluding carboxylic acids is 1. The van der Waals surface area contributed by atoms with E-state index in [4.69, 9.17) is 5.11 Å². The Morgan fingerprint density at radius 3 is 1.62 bits per heavy atom. The topological polar surface area (TPSA) is 63.6 Å². The van der Waals surface area contributed by atoms with Gasteiger partial charge < -0.3 is 9.84 Å². The first-order valence-corrected chi connectivity index (χ1v) is 10.1. The number of allylic oxidation sites excluding steroid dienone is 1. The van der Waals surface area contributed by atoms with Gasteiger partial charge in [-0.05, 0) is 19.8 Å². The molecule has 0 amide bonds. The molecular weight excluding hydrogens is 328 g/mol. The highest BCUT2D eigenvalue weighted by atomic mass is 16.5. The van der Waals surface area contributed by atoms with Crippen LogP contribution in [0, 0.1) is 0 Å². The highest BCUT2D eigenvalue weighted by Crippen LogP contribution is 2.13. The standard InChI is InChI=1S/C19H36O2.C3H4O2/c1-4-5-6-7-8-9-10-11-12-13-14-15-16-17-18(2)19(20)21-3;1-2-3(4)5/h17H,4-16H2,1-3H3;2H,1H2,(H,4,5). The number of hydrogen-bond donors (Lipinski definition) is 1. The number of esters is 1. The van der Waals surface area contributed by atoms with Gasteiger partial charge in [0.2, 0.25) is 0 Å². The van der Waals surface area contributed by atoms with Gasteiger partial charge in [-0.3, -0.25) is 0 Å². The summed E-state index contributed by atoms with van der Waals surface area (Å²) in [4.78, 5) is 20.4. The largest absolute Gasteiger partial charge is 0.478 e. The average Bonchev–Trinajstić information content (AvgIpc) is 2.64. The van der Waals surface area contributed by atoms with Gasteiger partial charge in [-0.2, -0.15) is 0 Å². The molecule has 0 saturated heterocycles. The van der Waals surface area contributed by atoms with Gasteiger partial charge in [-0.1, -0.05) is 90.2 Å². The summed E-state index contributed by atoms with van der Waals surface area (Å²) < 4.78 is 4.67. The van der Waals surface area contributed by atoms with Crippen LogP contribution < -0.4 is 0 Å². The maximum absolute atomic E-state index is 11.2. The molecule has 4 heteroatoms. The molecule has 0 aromatic heterocycles.